The zero-order valence-corrected chi connectivity index (χ0v) is 26.1. The highest BCUT2D eigenvalue weighted by atomic mass is 16.4. The number of carboxylic acids is 4. The number of benzene rings is 1. The lowest BCUT2D eigenvalue weighted by Gasteiger charge is -2.11. The van der Waals surface area contributed by atoms with E-state index in [0.717, 1.165) is 31.2 Å². The molecule has 1 amide bonds. The van der Waals surface area contributed by atoms with E-state index in [4.69, 9.17) is 49.1 Å². The number of carbonyl (C=O) groups is 5. The molecule has 2 aromatic rings. The van der Waals surface area contributed by atoms with Gasteiger partial charge in [-0.15, -0.1) is 0 Å². The van der Waals surface area contributed by atoms with Crippen molar-refractivity contribution in [3.8, 4) is 0 Å². The first-order valence-corrected chi connectivity index (χ1v) is 14.5. The molecule has 16 N–H and O–H groups in total. The molecular formula is C29H50N8O9. The van der Waals surface area contributed by atoms with Crippen LogP contribution in [0.3, 0.4) is 0 Å². The van der Waals surface area contributed by atoms with E-state index in [2.05, 4.69) is 15.3 Å². The molecule has 17 heteroatoms. The summed E-state index contributed by atoms with van der Waals surface area (Å²) in [7, 11) is 0. The highest BCUT2D eigenvalue weighted by molar-refractivity contribution is 5.82. The molecule has 260 valence electrons. The Bertz CT molecular complexity index is 1100. The average Bonchev–Trinajstić information content (AvgIpc) is 3.51. The van der Waals surface area contributed by atoms with Crippen molar-refractivity contribution in [2.24, 2.45) is 28.7 Å². The van der Waals surface area contributed by atoms with Crippen LogP contribution in [0.5, 0.6) is 0 Å². The van der Waals surface area contributed by atoms with Crippen molar-refractivity contribution in [1.29, 1.82) is 0 Å². The van der Waals surface area contributed by atoms with Gasteiger partial charge in [-0.05, 0) is 50.8 Å². The Morgan fingerprint density at radius 2 is 1.22 bits per heavy atom. The molecule has 1 heterocycles. The zero-order chi connectivity index (χ0) is 35.5. The van der Waals surface area contributed by atoms with Gasteiger partial charge in [0.05, 0.1) is 6.33 Å². The van der Waals surface area contributed by atoms with Crippen molar-refractivity contribution in [3.05, 3.63) is 54.1 Å². The molecule has 0 saturated carbocycles. The Kier molecular flexibility index (Phi) is 25.6. The molecular weight excluding hydrogens is 604 g/mol. The van der Waals surface area contributed by atoms with Gasteiger partial charge in [-0.3, -0.25) is 19.2 Å². The predicted octanol–water partition coefficient (Wildman–Crippen LogP) is -0.763. The van der Waals surface area contributed by atoms with E-state index in [-0.39, 0.29) is 12.3 Å². The fourth-order valence-electron chi connectivity index (χ4n) is 3.28. The van der Waals surface area contributed by atoms with E-state index in [1.807, 2.05) is 30.3 Å². The van der Waals surface area contributed by atoms with E-state index in [1.54, 1.807) is 0 Å². The fraction of sp³-hybridized carbons (Fsp3) is 0.517. The number of carbonyl (C=O) groups excluding carboxylic acids is 1. The normalized spacial score (nSPS) is 12.6. The van der Waals surface area contributed by atoms with Gasteiger partial charge < -0.3 is 59.4 Å². The van der Waals surface area contributed by atoms with Crippen LogP contribution < -0.4 is 34.0 Å². The maximum absolute atomic E-state index is 10.7. The first-order valence-electron chi connectivity index (χ1n) is 14.5. The number of nitrogens with two attached hydrogens (primary N) is 5. The third kappa shape index (κ3) is 25.0. The number of nitrogens with one attached hydrogen (secondary N) is 2. The largest absolute Gasteiger partial charge is 0.480 e. The van der Waals surface area contributed by atoms with Crippen LogP contribution in [-0.2, 0) is 36.8 Å². The quantitative estimate of drug-likeness (QED) is 0.0933. The average molecular weight is 655 g/mol. The van der Waals surface area contributed by atoms with Crippen molar-refractivity contribution >= 4 is 29.8 Å². The van der Waals surface area contributed by atoms with Crippen molar-refractivity contribution in [2.75, 3.05) is 13.1 Å². The number of amides is 1. The molecule has 17 nitrogen and oxygen atoms in total. The summed E-state index contributed by atoms with van der Waals surface area (Å²) >= 11 is 0. The number of aromatic amines is 1. The second-order valence-corrected chi connectivity index (χ2v) is 9.97. The second kappa shape index (κ2) is 26.9. The molecule has 0 radical (unpaired) electrons. The predicted molar refractivity (Wildman–Crippen MR) is 170 cm³/mol. The Morgan fingerprint density at radius 3 is 1.57 bits per heavy atom. The fourth-order valence-corrected chi connectivity index (χ4v) is 3.28. The maximum Gasteiger partial charge on any atom is 0.326 e. The van der Waals surface area contributed by atoms with E-state index < -0.39 is 48.0 Å². The number of rotatable bonds is 17. The van der Waals surface area contributed by atoms with Crippen LogP contribution in [0.4, 0.5) is 0 Å². The second-order valence-electron chi connectivity index (χ2n) is 9.97. The molecule has 2 rings (SSSR count). The topological polar surface area (TPSA) is 337 Å². The van der Waals surface area contributed by atoms with Gasteiger partial charge in [0.25, 0.3) is 0 Å². The van der Waals surface area contributed by atoms with Gasteiger partial charge in [-0.1, -0.05) is 43.2 Å². The van der Waals surface area contributed by atoms with Crippen molar-refractivity contribution < 1.29 is 44.4 Å². The zero-order valence-electron chi connectivity index (χ0n) is 26.1. The minimum absolute atomic E-state index is 0.203. The lowest BCUT2D eigenvalue weighted by molar-refractivity contribution is -0.141. The van der Waals surface area contributed by atoms with Crippen LogP contribution in [0.1, 0.15) is 56.7 Å². The molecule has 4 atom stereocenters. The summed E-state index contributed by atoms with van der Waals surface area (Å²) < 4.78 is 0. The highest BCUT2D eigenvalue weighted by Crippen LogP contribution is 2.02. The standard InChI is InChI=1S/C9H11NO2.C8H11N3O3.2C6H14N2O2/c10-8(9(11)12)6-7-4-2-1-3-5-7;1-5(12)11-7(8(13)14)2-6-3-9-4-10-6;2*7-4-2-1-3-5(8)6(9)10/h1-5,8H,6,10H2,(H,11,12);3-4,7H,2H2,1H3,(H,9,10)(H,11,12)(H,13,14);2*5H,1-4,7-8H2,(H,9,10)/t8-;7-;2*5-/m0000/s1. The van der Waals surface area contributed by atoms with Gasteiger partial charge >= 0.3 is 23.9 Å². The number of aromatic nitrogens is 2. The van der Waals surface area contributed by atoms with Crippen LogP contribution in [0.2, 0.25) is 0 Å². The SMILES string of the molecule is CC(=O)N[C@@H](Cc1cnc[nH]1)C(=O)O.NCCCC[C@H](N)C(=O)O.NCCCC[C@H](N)C(=O)O.N[C@@H](Cc1ccccc1)C(=O)O. The Morgan fingerprint density at radius 1 is 0.739 bits per heavy atom. The molecule has 0 aliphatic heterocycles. The Balaban J connectivity index is 0. The Hall–Kier alpha value is -4.42. The molecule has 0 aliphatic carbocycles. The molecule has 0 saturated heterocycles. The number of imidazole rings is 1. The molecule has 1 aromatic heterocycles. The maximum atomic E-state index is 10.7. The van der Waals surface area contributed by atoms with E-state index in [0.29, 0.717) is 38.0 Å². The first-order chi connectivity index (χ1) is 21.7. The van der Waals surface area contributed by atoms with E-state index >= 15 is 0 Å². The number of unbranched alkanes of at least 4 members (excludes halogenated alkanes) is 2. The molecule has 0 unspecified atom stereocenters. The third-order valence-corrected chi connectivity index (χ3v) is 5.84. The van der Waals surface area contributed by atoms with Crippen LogP contribution in [-0.4, -0.2) is 97.4 Å². The molecule has 0 spiro atoms. The first kappa shape index (κ1) is 43.7. The van der Waals surface area contributed by atoms with Gasteiger partial charge in [-0.25, -0.2) is 9.78 Å². The minimum atomic E-state index is -1.06. The minimum Gasteiger partial charge on any atom is -0.480 e. The van der Waals surface area contributed by atoms with E-state index in [9.17, 15) is 24.0 Å². The van der Waals surface area contributed by atoms with Crippen molar-refractivity contribution in [2.45, 2.75) is 82.5 Å². The summed E-state index contributed by atoms with van der Waals surface area (Å²) in [5.74, 6) is -4.25. The van der Waals surface area contributed by atoms with Gasteiger partial charge in [0, 0.05) is 25.2 Å². The molecule has 46 heavy (non-hydrogen) atoms. The number of hydrogen-bond donors (Lipinski definition) is 11. The smallest absolute Gasteiger partial charge is 0.326 e. The number of aliphatic carboxylic acids is 4. The van der Waals surface area contributed by atoms with Crippen molar-refractivity contribution in [1.82, 2.24) is 15.3 Å². The molecule has 1 aromatic carbocycles. The van der Waals surface area contributed by atoms with Crippen LogP contribution in [0, 0.1) is 0 Å². The monoisotopic (exact) mass is 654 g/mol. The summed E-state index contributed by atoms with van der Waals surface area (Å²) in [6.45, 7) is 2.49. The number of carboxylic acid groups (broad SMARTS) is 4. The van der Waals surface area contributed by atoms with Gasteiger partial charge in [0.1, 0.15) is 24.2 Å². The summed E-state index contributed by atoms with van der Waals surface area (Å²) in [6.07, 6.45) is 7.90. The number of hydrogen-bond acceptors (Lipinski definition) is 11. The van der Waals surface area contributed by atoms with Crippen molar-refractivity contribution in [3.63, 3.8) is 0 Å². The third-order valence-electron chi connectivity index (χ3n) is 5.84. The summed E-state index contributed by atoms with van der Waals surface area (Å²) in [4.78, 5) is 58.6. The van der Waals surface area contributed by atoms with Gasteiger partial charge in [0.15, 0.2) is 0 Å². The van der Waals surface area contributed by atoms with Crippen LogP contribution in [0.15, 0.2) is 42.9 Å². The molecule has 0 bridgehead atoms. The summed E-state index contributed by atoms with van der Waals surface area (Å²) in [5.41, 5.74) is 27.8. The summed E-state index contributed by atoms with van der Waals surface area (Å²) in [5, 5.41) is 36.3. The van der Waals surface area contributed by atoms with E-state index in [1.165, 1.54) is 19.4 Å². The van der Waals surface area contributed by atoms with Gasteiger partial charge in [0.2, 0.25) is 5.91 Å². The molecule has 0 fully saturated rings. The lowest BCUT2D eigenvalue weighted by atomic mass is 10.1. The van der Waals surface area contributed by atoms with Crippen LogP contribution >= 0.6 is 0 Å². The van der Waals surface area contributed by atoms with Gasteiger partial charge in [-0.2, -0.15) is 0 Å². The Labute approximate surface area is 267 Å². The highest BCUT2D eigenvalue weighted by Gasteiger charge is 2.19. The lowest BCUT2D eigenvalue weighted by Crippen LogP contribution is -2.41. The van der Waals surface area contributed by atoms with Crippen LogP contribution in [0.25, 0.3) is 0 Å². The molecule has 0 aliphatic rings. The number of nitrogens with zero attached hydrogens (tertiary/aromatic N) is 1. The summed E-state index contributed by atoms with van der Waals surface area (Å²) in [6, 6.07) is 6.20. The number of H-pyrrole nitrogens is 1.